The number of rotatable bonds is 4. The molecule has 0 aliphatic rings. The molecule has 82 valence electrons. The Hall–Kier alpha value is -0.642. The summed E-state index contributed by atoms with van der Waals surface area (Å²) in [6, 6.07) is 8.56. The number of benzene rings is 1. The minimum absolute atomic E-state index is 0.279. The summed E-state index contributed by atoms with van der Waals surface area (Å²) in [5.41, 5.74) is 0.553. The van der Waals surface area contributed by atoms with Crippen molar-refractivity contribution in [3.8, 4) is 0 Å². The van der Waals surface area contributed by atoms with Crippen molar-refractivity contribution < 1.29 is 17.4 Å². The van der Waals surface area contributed by atoms with Crippen molar-refractivity contribution in [3.63, 3.8) is 0 Å². The molecule has 0 bridgehead atoms. The molecule has 15 heavy (non-hydrogen) atoms. The van der Waals surface area contributed by atoms with Gasteiger partial charge < -0.3 is 0 Å². The third-order valence-corrected chi connectivity index (χ3v) is 2.81. The molecule has 2 unspecified atom stereocenters. The Labute approximate surface area is 97.3 Å². The van der Waals surface area contributed by atoms with E-state index in [1.807, 2.05) is 0 Å². The van der Waals surface area contributed by atoms with Gasteiger partial charge in [0.05, 0.1) is 0 Å². The Morgan fingerprint density at radius 1 is 1.33 bits per heavy atom. The minimum atomic E-state index is -3.63. The molecular weight excluding hydrogens is 279 g/mol. The van der Waals surface area contributed by atoms with Gasteiger partial charge in [0.1, 0.15) is 0 Å². The van der Waals surface area contributed by atoms with E-state index in [9.17, 15) is 13.2 Å². The SMILES string of the molecule is CS(=O)(=O)OC(C(=O)[AsH2])c1ccccc1. The third-order valence-electron chi connectivity index (χ3n) is 1.63. The molecule has 0 heterocycles. The first-order valence-corrected chi connectivity index (χ1v) is 7.15. The summed E-state index contributed by atoms with van der Waals surface area (Å²) in [4.78, 5) is 11.3. The van der Waals surface area contributed by atoms with Crippen molar-refractivity contribution in [2.45, 2.75) is 6.10 Å². The summed E-state index contributed by atoms with van der Waals surface area (Å²) in [5.74, 6) is 0. The normalized spacial score (nSPS) is 13.5. The van der Waals surface area contributed by atoms with Crippen LogP contribution in [-0.2, 0) is 19.1 Å². The summed E-state index contributed by atoms with van der Waals surface area (Å²) >= 11 is 0.825. The first-order chi connectivity index (χ1) is 6.90. The van der Waals surface area contributed by atoms with Crippen LogP contribution in [0.1, 0.15) is 11.7 Å². The average molecular weight is 290 g/mol. The Morgan fingerprint density at radius 3 is 2.27 bits per heavy atom. The zero-order chi connectivity index (χ0) is 11.5. The molecule has 0 saturated heterocycles. The van der Waals surface area contributed by atoms with Gasteiger partial charge in [-0.3, -0.25) is 0 Å². The standard InChI is InChI=1S/C9H11AsO4S/c1-15(12,13)14-8(9(10)11)7-5-3-2-4-6-7/h2-6,8H,10H2,1H3. The fourth-order valence-electron chi connectivity index (χ4n) is 1.07. The summed E-state index contributed by atoms with van der Waals surface area (Å²) in [6.45, 7) is 0. The van der Waals surface area contributed by atoms with E-state index in [0.717, 1.165) is 23.1 Å². The molecule has 0 spiro atoms. The fourth-order valence-corrected chi connectivity index (χ4v) is 2.38. The Kier molecular flexibility index (Phi) is 4.08. The summed E-state index contributed by atoms with van der Waals surface area (Å²) in [6.07, 6.45) is -0.0833. The molecule has 0 amide bonds. The van der Waals surface area contributed by atoms with Crippen LogP contribution >= 0.6 is 0 Å². The van der Waals surface area contributed by atoms with E-state index in [-0.39, 0.29) is 4.57 Å². The first-order valence-electron chi connectivity index (χ1n) is 4.12. The molecule has 1 rings (SSSR count). The van der Waals surface area contributed by atoms with Crippen molar-refractivity contribution in [1.82, 2.24) is 0 Å². The molecule has 6 heteroatoms. The number of carbonyl (C=O) groups is 1. The second-order valence-corrected chi connectivity index (χ2v) is 5.79. The summed E-state index contributed by atoms with van der Waals surface area (Å²) < 4.78 is 26.3. The Balaban J connectivity index is 3.00. The Bertz CT molecular complexity index is 440. The van der Waals surface area contributed by atoms with Crippen LogP contribution in [0.2, 0.25) is 0 Å². The zero-order valence-corrected chi connectivity index (χ0v) is 11.3. The van der Waals surface area contributed by atoms with Crippen LogP contribution in [0.4, 0.5) is 0 Å². The monoisotopic (exact) mass is 290 g/mol. The molecule has 0 aliphatic carbocycles. The van der Waals surface area contributed by atoms with Gasteiger partial charge in [-0.15, -0.1) is 0 Å². The van der Waals surface area contributed by atoms with Crippen molar-refractivity contribution in [1.29, 1.82) is 0 Å². The van der Waals surface area contributed by atoms with E-state index in [2.05, 4.69) is 0 Å². The van der Waals surface area contributed by atoms with E-state index in [0.29, 0.717) is 5.56 Å². The maximum absolute atomic E-state index is 11.3. The molecule has 1 aromatic rings. The second-order valence-electron chi connectivity index (χ2n) is 2.99. The number of hydrogen-bond donors (Lipinski definition) is 0. The molecule has 4 nitrogen and oxygen atoms in total. The molecule has 2 atom stereocenters. The van der Waals surface area contributed by atoms with Gasteiger partial charge in [-0.2, -0.15) is 0 Å². The quantitative estimate of drug-likeness (QED) is 0.572. The molecule has 0 aromatic heterocycles. The van der Waals surface area contributed by atoms with Gasteiger partial charge in [0.2, 0.25) is 0 Å². The van der Waals surface area contributed by atoms with Gasteiger partial charge >= 0.3 is 97.2 Å². The molecule has 0 radical (unpaired) electrons. The number of hydrogen-bond acceptors (Lipinski definition) is 4. The zero-order valence-electron chi connectivity index (χ0n) is 8.08. The molecule has 0 saturated carbocycles. The average Bonchev–Trinajstić information content (AvgIpc) is 2.14. The second kappa shape index (κ2) is 4.92. The molecule has 1 aromatic carbocycles. The van der Waals surface area contributed by atoms with Crippen molar-refractivity contribution >= 4 is 31.5 Å². The van der Waals surface area contributed by atoms with Crippen LogP contribution < -0.4 is 0 Å². The molecular formula is C9H11AsO4S. The molecule has 0 aliphatic heterocycles. The van der Waals surface area contributed by atoms with Crippen LogP contribution in [0.3, 0.4) is 0 Å². The van der Waals surface area contributed by atoms with Crippen molar-refractivity contribution in [2.24, 2.45) is 0 Å². The summed E-state index contributed by atoms with van der Waals surface area (Å²) in [5, 5.41) is 0. The van der Waals surface area contributed by atoms with Crippen LogP contribution in [0.5, 0.6) is 0 Å². The van der Waals surface area contributed by atoms with Crippen molar-refractivity contribution in [2.75, 3.05) is 6.26 Å². The number of carbonyl (C=O) groups excluding carboxylic acids is 1. The molecule has 0 fully saturated rings. The van der Waals surface area contributed by atoms with Crippen molar-refractivity contribution in [3.05, 3.63) is 35.9 Å². The Morgan fingerprint density at radius 2 is 1.87 bits per heavy atom. The van der Waals surface area contributed by atoms with Gasteiger partial charge in [-0.1, -0.05) is 0 Å². The topological polar surface area (TPSA) is 60.4 Å². The van der Waals surface area contributed by atoms with Crippen LogP contribution in [0, 0.1) is 0 Å². The van der Waals surface area contributed by atoms with E-state index in [4.69, 9.17) is 4.18 Å². The predicted molar refractivity (Wildman–Crippen MR) is 58.7 cm³/mol. The van der Waals surface area contributed by atoms with E-state index < -0.39 is 16.2 Å². The van der Waals surface area contributed by atoms with Crippen LogP contribution in [0.25, 0.3) is 0 Å². The van der Waals surface area contributed by atoms with Gasteiger partial charge in [-0.05, 0) is 0 Å². The third kappa shape index (κ3) is 4.16. The van der Waals surface area contributed by atoms with E-state index >= 15 is 0 Å². The van der Waals surface area contributed by atoms with Crippen LogP contribution in [-0.4, -0.2) is 36.1 Å². The fraction of sp³-hybridized carbons (Fsp3) is 0.222. The van der Waals surface area contributed by atoms with Gasteiger partial charge in [-0.25, -0.2) is 0 Å². The van der Waals surface area contributed by atoms with Crippen LogP contribution in [0.15, 0.2) is 30.3 Å². The van der Waals surface area contributed by atoms with E-state index in [1.165, 1.54) is 0 Å². The molecule has 0 N–H and O–H groups in total. The maximum atomic E-state index is 11.3. The van der Waals surface area contributed by atoms with E-state index in [1.54, 1.807) is 30.3 Å². The summed E-state index contributed by atoms with van der Waals surface area (Å²) in [7, 11) is -3.63. The van der Waals surface area contributed by atoms with Gasteiger partial charge in [0.25, 0.3) is 0 Å². The predicted octanol–water partition coefficient (Wildman–Crippen LogP) is -0.136. The van der Waals surface area contributed by atoms with Gasteiger partial charge in [0.15, 0.2) is 0 Å². The van der Waals surface area contributed by atoms with Gasteiger partial charge in [0, 0.05) is 0 Å². The first kappa shape index (κ1) is 12.4.